The zero-order chi connectivity index (χ0) is 24.9. The van der Waals surface area contributed by atoms with Crippen molar-refractivity contribution in [2.75, 3.05) is 20.3 Å². The second kappa shape index (κ2) is 10.2. The average molecular weight is 473 g/mol. The molecule has 1 aliphatic rings. The summed E-state index contributed by atoms with van der Waals surface area (Å²) >= 11 is 0. The minimum absolute atomic E-state index is 0.0261. The molecule has 1 aliphatic heterocycles. The summed E-state index contributed by atoms with van der Waals surface area (Å²) in [6, 6.07) is 17.9. The SMILES string of the molecule is CCOc1ccc(C(=O)COC(=O)c2cc(CN3C(=O)c4ccccc4C3=O)ccc2OC)cc1. The van der Waals surface area contributed by atoms with Crippen LogP contribution in [0, 0.1) is 0 Å². The largest absolute Gasteiger partial charge is 0.496 e. The maximum atomic E-state index is 12.8. The van der Waals surface area contributed by atoms with Crippen LogP contribution in [0.2, 0.25) is 0 Å². The zero-order valence-electron chi connectivity index (χ0n) is 19.3. The van der Waals surface area contributed by atoms with Gasteiger partial charge in [0.25, 0.3) is 11.8 Å². The number of ketones is 1. The number of ether oxygens (including phenoxy) is 3. The molecular weight excluding hydrogens is 450 g/mol. The van der Waals surface area contributed by atoms with Crippen LogP contribution in [0.25, 0.3) is 0 Å². The lowest BCUT2D eigenvalue weighted by molar-refractivity contribution is 0.0471. The van der Waals surface area contributed by atoms with E-state index in [-0.39, 0.29) is 23.6 Å². The number of amides is 2. The second-order valence-corrected chi connectivity index (χ2v) is 7.73. The number of rotatable bonds is 9. The molecule has 1 heterocycles. The summed E-state index contributed by atoms with van der Waals surface area (Å²) in [5.41, 5.74) is 1.69. The number of hydrogen-bond donors (Lipinski definition) is 0. The molecule has 8 nitrogen and oxygen atoms in total. The van der Waals surface area contributed by atoms with E-state index in [0.29, 0.717) is 34.6 Å². The first-order valence-corrected chi connectivity index (χ1v) is 11.0. The van der Waals surface area contributed by atoms with Crippen molar-refractivity contribution in [1.82, 2.24) is 4.90 Å². The van der Waals surface area contributed by atoms with Gasteiger partial charge in [-0.2, -0.15) is 0 Å². The first-order valence-electron chi connectivity index (χ1n) is 11.0. The molecule has 0 saturated heterocycles. The van der Waals surface area contributed by atoms with Gasteiger partial charge in [0.15, 0.2) is 12.4 Å². The number of benzene rings is 3. The molecule has 178 valence electrons. The Morgan fingerprint density at radius 1 is 0.886 bits per heavy atom. The lowest BCUT2D eigenvalue weighted by atomic mass is 10.1. The van der Waals surface area contributed by atoms with Gasteiger partial charge in [0, 0.05) is 5.56 Å². The summed E-state index contributed by atoms with van der Waals surface area (Å²) in [6.45, 7) is 1.89. The molecule has 8 heteroatoms. The summed E-state index contributed by atoms with van der Waals surface area (Å²) in [5, 5.41) is 0. The predicted molar refractivity (Wildman–Crippen MR) is 126 cm³/mol. The highest BCUT2D eigenvalue weighted by atomic mass is 16.5. The summed E-state index contributed by atoms with van der Waals surface area (Å²) in [7, 11) is 1.40. The van der Waals surface area contributed by atoms with E-state index >= 15 is 0 Å². The Labute approximate surface area is 202 Å². The van der Waals surface area contributed by atoms with Gasteiger partial charge in [0.2, 0.25) is 0 Å². The van der Waals surface area contributed by atoms with Crippen molar-refractivity contribution in [1.29, 1.82) is 0 Å². The van der Waals surface area contributed by atoms with E-state index < -0.39 is 24.4 Å². The Balaban J connectivity index is 1.46. The molecular formula is C27H23NO7. The van der Waals surface area contributed by atoms with Crippen molar-refractivity contribution < 1.29 is 33.4 Å². The molecule has 3 aromatic rings. The summed E-state index contributed by atoms with van der Waals surface area (Å²) < 4.78 is 15.9. The lowest BCUT2D eigenvalue weighted by Gasteiger charge is -2.16. The minimum Gasteiger partial charge on any atom is -0.496 e. The third-order valence-corrected chi connectivity index (χ3v) is 5.52. The molecule has 0 bridgehead atoms. The van der Waals surface area contributed by atoms with Gasteiger partial charge in [-0.3, -0.25) is 19.3 Å². The van der Waals surface area contributed by atoms with Crippen molar-refractivity contribution in [2.24, 2.45) is 0 Å². The van der Waals surface area contributed by atoms with Gasteiger partial charge in [0.05, 0.1) is 31.4 Å². The highest BCUT2D eigenvalue weighted by Crippen LogP contribution is 2.27. The predicted octanol–water partition coefficient (Wildman–Crippen LogP) is 3.93. The van der Waals surface area contributed by atoms with Gasteiger partial charge in [-0.1, -0.05) is 18.2 Å². The number of methoxy groups -OCH3 is 1. The lowest BCUT2D eigenvalue weighted by Crippen LogP contribution is -2.29. The monoisotopic (exact) mass is 473 g/mol. The Hall–Kier alpha value is -4.46. The number of carbonyl (C=O) groups is 4. The van der Waals surface area contributed by atoms with Crippen LogP contribution in [0.5, 0.6) is 11.5 Å². The van der Waals surface area contributed by atoms with E-state index in [0.717, 1.165) is 4.90 Å². The number of imide groups is 1. The van der Waals surface area contributed by atoms with E-state index in [1.54, 1.807) is 60.7 Å². The summed E-state index contributed by atoms with van der Waals surface area (Å²) in [4.78, 5) is 51.7. The maximum absolute atomic E-state index is 12.8. The van der Waals surface area contributed by atoms with Crippen LogP contribution in [0.1, 0.15) is 53.9 Å². The maximum Gasteiger partial charge on any atom is 0.342 e. The normalized spacial score (nSPS) is 12.3. The molecule has 3 aromatic carbocycles. The van der Waals surface area contributed by atoms with Gasteiger partial charge in [-0.05, 0) is 61.0 Å². The van der Waals surface area contributed by atoms with Gasteiger partial charge in [-0.15, -0.1) is 0 Å². The average Bonchev–Trinajstić information content (AvgIpc) is 3.12. The number of esters is 1. The molecule has 0 atom stereocenters. The first-order chi connectivity index (χ1) is 16.9. The van der Waals surface area contributed by atoms with Crippen molar-refractivity contribution in [3.05, 3.63) is 94.5 Å². The third kappa shape index (κ3) is 4.91. The molecule has 35 heavy (non-hydrogen) atoms. The van der Waals surface area contributed by atoms with Crippen molar-refractivity contribution >= 4 is 23.6 Å². The molecule has 0 aliphatic carbocycles. The fourth-order valence-corrected chi connectivity index (χ4v) is 3.77. The Bertz CT molecular complexity index is 1260. The van der Waals surface area contributed by atoms with Crippen LogP contribution in [0.4, 0.5) is 0 Å². The highest BCUT2D eigenvalue weighted by molar-refractivity contribution is 6.21. The van der Waals surface area contributed by atoms with Crippen LogP contribution in [-0.4, -0.2) is 48.8 Å². The Morgan fingerprint density at radius 2 is 1.54 bits per heavy atom. The van der Waals surface area contributed by atoms with Gasteiger partial charge >= 0.3 is 5.97 Å². The fraction of sp³-hybridized carbons (Fsp3) is 0.185. The number of nitrogens with zero attached hydrogens (tertiary/aromatic N) is 1. The summed E-state index contributed by atoms with van der Waals surface area (Å²) in [6.07, 6.45) is 0. The van der Waals surface area contributed by atoms with E-state index in [1.165, 1.54) is 13.2 Å². The fourth-order valence-electron chi connectivity index (χ4n) is 3.77. The quantitative estimate of drug-likeness (QED) is 0.264. The number of hydrogen-bond acceptors (Lipinski definition) is 7. The number of Topliss-reactive ketones (excluding diaryl/α,β-unsaturated/α-hetero) is 1. The second-order valence-electron chi connectivity index (χ2n) is 7.73. The Kier molecular flexibility index (Phi) is 6.91. The van der Waals surface area contributed by atoms with Crippen LogP contribution in [-0.2, 0) is 11.3 Å². The van der Waals surface area contributed by atoms with Crippen LogP contribution < -0.4 is 9.47 Å². The molecule has 0 fully saturated rings. The molecule has 0 unspecified atom stereocenters. The molecule has 0 N–H and O–H groups in total. The van der Waals surface area contributed by atoms with Crippen molar-refractivity contribution in [2.45, 2.75) is 13.5 Å². The van der Waals surface area contributed by atoms with Gasteiger partial charge in [0.1, 0.15) is 17.1 Å². The molecule has 0 aromatic heterocycles. The summed E-state index contributed by atoms with van der Waals surface area (Å²) in [5.74, 6) is -1.04. The van der Waals surface area contributed by atoms with Gasteiger partial charge < -0.3 is 14.2 Å². The number of fused-ring (bicyclic) bond motifs is 1. The Morgan fingerprint density at radius 3 is 2.14 bits per heavy atom. The molecule has 0 spiro atoms. The highest BCUT2D eigenvalue weighted by Gasteiger charge is 2.35. The molecule has 0 radical (unpaired) electrons. The smallest absolute Gasteiger partial charge is 0.342 e. The van der Waals surface area contributed by atoms with E-state index in [2.05, 4.69) is 0 Å². The van der Waals surface area contributed by atoms with E-state index in [1.807, 2.05) is 6.92 Å². The van der Waals surface area contributed by atoms with E-state index in [4.69, 9.17) is 14.2 Å². The molecule has 0 saturated carbocycles. The molecule has 2 amide bonds. The van der Waals surface area contributed by atoms with Crippen molar-refractivity contribution in [3.63, 3.8) is 0 Å². The van der Waals surface area contributed by atoms with Crippen LogP contribution >= 0.6 is 0 Å². The standard InChI is InChI=1S/C27H23NO7/c1-3-34-19-11-9-18(10-12-19)23(29)16-35-27(32)22-14-17(8-13-24(22)33-2)15-28-25(30)20-6-4-5-7-21(20)26(28)31/h4-14H,3,15-16H2,1-2H3. The van der Waals surface area contributed by atoms with Crippen LogP contribution in [0.15, 0.2) is 66.7 Å². The zero-order valence-corrected chi connectivity index (χ0v) is 19.3. The minimum atomic E-state index is -0.759. The molecule has 4 rings (SSSR count). The third-order valence-electron chi connectivity index (χ3n) is 5.52. The van der Waals surface area contributed by atoms with Gasteiger partial charge in [-0.25, -0.2) is 4.79 Å². The topological polar surface area (TPSA) is 99.2 Å². The number of carbonyl (C=O) groups excluding carboxylic acids is 4. The van der Waals surface area contributed by atoms with E-state index in [9.17, 15) is 19.2 Å². The van der Waals surface area contributed by atoms with Crippen molar-refractivity contribution in [3.8, 4) is 11.5 Å². The first kappa shape index (κ1) is 23.7. The van der Waals surface area contributed by atoms with Crippen LogP contribution in [0.3, 0.4) is 0 Å².